The minimum absolute atomic E-state index is 0.199. The predicted molar refractivity (Wildman–Crippen MR) is 82.6 cm³/mol. The first-order valence-corrected chi connectivity index (χ1v) is 7.21. The number of carbonyl (C=O) groups excluding carboxylic acids is 1. The summed E-state index contributed by atoms with van der Waals surface area (Å²) in [7, 11) is 1.53. The SMILES string of the molecule is COC(CNC(=O)c1cccc(Br)c1)c1cccc(F)c1. The lowest BCUT2D eigenvalue weighted by molar-refractivity contribution is 0.0827. The van der Waals surface area contributed by atoms with Crippen molar-refractivity contribution in [3.8, 4) is 0 Å². The Kier molecular flexibility index (Phi) is 5.47. The van der Waals surface area contributed by atoms with Crippen molar-refractivity contribution in [1.82, 2.24) is 5.32 Å². The maximum atomic E-state index is 13.2. The molecule has 0 radical (unpaired) electrons. The van der Waals surface area contributed by atoms with E-state index in [9.17, 15) is 9.18 Å². The van der Waals surface area contributed by atoms with Gasteiger partial charge in [0.05, 0.1) is 6.10 Å². The van der Waals surface area contributed by atoms with Crippen molar-refractivity contribution in [1.29, 1.82) is 0 Å². The summed E-state index contributed by atoms with van der Waals surface area (Å²) >= 11 is 3.32. The first-order chi connectivity index (χ1) is 10.1. The molecule has 2 aromatic carbocycles. The third-order valence-electron chi connectivity index (χ3n) is 3.04. The van der Waals surface area contributed by atoms with E-state index in [0.717, 1.165) is 4.47 Å². The Morgan fingerprint density at radius 3 is 2.71 bits per heavy atom. The Labute approximate surface area is 131 Å². The second-order valence-corrected chi connectivity index (χ2v) is 5.42. The van der Waals surface area contributed by atoms with Gasteiger partial charge in [0.25, 0.3) is 5.91 Å². The highest BCUT2D eigenvalue weighted by Gasteiger charge is 2.13. The summed E-state index contributed by atoms with van der Waals surface area (Å²) < 4.78 is 19.4. The van der Waals surface area contributed by atoms with Crippen LogP contribution in [0.15, 0.2) is 53.0 Å². The topological polar surface area (TPSA) is 38.3 Å². The molecule has 0 aliphatic heterocycles. The van der Waals surface area contributed by atoms with E-state index >= 15 is 0 Å². The number of hydrogen-bond acceptors (Lipinski definition) is 2. The van der Waals surface area contributed by atoms with Gasteiger partial charge in [-0.15, -0.1) is 0 Å². The molecule has 1 unspecified atom stereocenters. The summed E-state index contributed by atoms with van der Waals surface area (Å²) in [6, 6.07) is 13.3. The molecule has 0 fully saturated rings. The summed E-state index contributed by atoms with van der Waals surface area (Å²) in [4.78, 5) is 12.1. The molecule has 3 nitrogen and oxygen atoms in total. The molecule has 0 heterocycles. The van der Waals surface area contributed by atoms with Gasteiger partial charge in [0, 0.05) is 23.7 Å². The van der Waals surface area contributed by atoms with E-state index in [0.29, 0.717) is 11.1 Å². The molecule has 0 saturated carbocycles. The first-order valence-electron chi connectivity index (χ1n) is 6.42. The molecule has 0 aliphatic rings. The molecule has 2 aromatic rings. The third-order valence-corrected chi connectivity index (χ3v) is 3.53. The minimum Gasteiger partial charge on any atom is -0.375 e. The first kappa shape index (κ1) is 15.7. The Hall–Kier alpha value is -1.72. The van der Waals surface area contributed by atoms with Crippen molar-refractivity contribution in [2.75, 3.05) is 13.7 Å². The van der Waals surface area contributed by atoms with Gasteiger partial charge in [-0.1, -0.05) is 34.1 Å². The fraction of sp³-hybridized carbons (Fsp3) is 0.188. The number of amides is 1. The van der Waals surface area contributed by atoms with Gasteiger partial charge in [-0.05, 0) is 35.9 Å². The van der Waals surface area contributed by atoms with Gasteiger partial charge in [-0.2, -0.15) is 0 Å². The Balaban J connectivity index is 2.02. The molecular formula is C16H15BrFNO2. The molecule has 0 aliphatic carbocycles. The van der Waals surface area contributed by atoms with Gasteiger partial charge in [-0.3, -0.25) is 4.79 Å². The Bertz CT molecular complexity index is 633. The molecule has 0 aromatic heterocycles. The maximum Gasteiger partial charge on any atom is 0.251 e. The van der Waals surface area contributed by atoms with Crippen LogP contribution in [0.2, 0.25) is 0 Å². The number of halogens is 2. The van der Waals surface area contributed by atoms with Crippen molar-refractivity contribution < 1.29 is 13.9 Å². The van der Waals surface area contributed by atoms with E-state index in [2.05, 4.69) is 21.2 Å². The van der Waals surface area contributed by atoms with Crippen molar-refractivity contribution in [3.63, 3.8) is 0 Å². The molecular weight excluding hydrogens is 337 g/mol. The van der Waals surface area contributed by atoms with Crippen LogP contribution in [0.3, 0.4) is 0 Å². The lowest BCUT2D eigenvalue weighted by atomic mass is 10.1. The highest BCUT2D eigenvalue weighted by Crippen LogP contribution is 2.17. The van der Waals surface area contributed by atoms with Gasteiger partial charge in [0.2, 0.25) is 0 Å². The van der Waals surface area contributed by atoms with E-state index in [-0.39, 0.29) is 18.3 Å². The van der Waals surface area contributed by atoms with E-state index in [4.69, 9.17) is 4.74 Å². The summed E-state index contributed by atoms with van der Waals surface area (Å²) in [5.41, 5.74) is 1.24. The lowest BCUT2D eigenvalue weighted by Crippen LogP contribution is -2.29. The number of hydrogen-bond donors (Lipinski definition) is 1. The van der Waals surface area contributed by atoms with Crippen LogP contribution < -0.4 is 5.32 Å². The average molecular weight is 352 g/mol. The zero-order chi connectivity index (χ0) is 15.2. The molecule has 0 spiro atoms. The normalized spacial score (nSPS) is 12.0. The molecule has 2 rings (SSSR count). The van der Waals surface area contributed by atoms with Gasteiger partial charge < -0.3 is 10.1 Å². The summed E-state index contributed by atoms with van der Waals surface area (Å²) in [5, 5.41) is 2.79. The van der Waals surface area contributed by atoms with Crippen LogP contribution in [0.1, 0.15) is 22.0 Å². The van der Waals surface area contributed by atoms with Crippen LogP contribution in [0, 0.1) is 5.82 Å². The quantitative estimate of drug-likeness (QED) is 0.891. The van der Waals surface area contributed by atoms with E-state index in [1.54, 1.807) is 30.3 Å². The third kappa shape index (κ3) is 4.37. The molecule has 0 saturated heterocycles. The van der Waals surface area contributed by atoms with Crippen LogP contribution in [-0.2, 0) is 4.74 Å². The molecule has 5 heteroatoms. The zero-order valence-electron chi connectivity index (χ0n) is 11.5. The summed E-state index contributed by atoms with van der Waals surface area (Å²) in [6.45, 7) is 0.269. The van der Waals surface area contributed by atoms with Gasteiger partial charge in [0.15, 0.2) is 0 Å². The van der Waals surface area contributed by atoms with Gasteiger partial charge in [-0.25, -0.2) is 4.39 Å². The van der Waals surface area contributed by atoms with E-state index in [1.165, 1.54) is 19.2 Å². The Morgan fingerprint density at radius 1 is 1.29 bits per heavy atom. The van der Waals surface area contributed by atoms with Crippen molar-refractivity contribution in [3.05, 3.63) is 69.9 Å². The average Bonchev–Trinajstić information content (AvgIpc) is 2.48. The number of carbonyl (C=O) groups is 1. The second-order valence-electron chi connectivity index (χ2n) is 4.50. The molecule has 1 N–H and O–H groups in total. The van der Waals surface area contributed by atoms with Gasteiger partial charge in [0.1, 0.15) is 5.82 Å². The number of ether oxygens (including phenoxy) is 1. The molecule has 21 heavy (non-hydrogen) atoms. The molecule has 1 atom stereocenters. The minimum atomic E-state index is -0.392. The molecule has 0 bridgehead atoms. The Morgan fingerprint density at radius 2 is 2.05 bits per heavy atom. The number of methoxy groups -OCH3 is 1. The molecule has 1 amide bonds. The van der Waals surface area contributed by atoms with E-state index in [1.807, 2.05) is 6.07 Å². The fourth-order valence-electron chi connectivity index (χ4n) is 1.96. The highest BCUT2D eigenvalue weighted by atomic mass is 79.9. The number of nitrogens with one attached hydrogen (secondary N) is 1. The van der Waals surface area contributed by atoms with Crippen molar-refractivity contribution in [2.24, 2.45) is 0 Å². The van der Waals surface area contributed by atoms with Gasteiger partial charge >= 0.3 is 0 Å². The predicted octanol–water partition coefficient (Wildman–Crippen LogP) is 3.71. The van der Waals surface area contributed by atoms with E-state index < -0.39 is 6.10 Å². The van der Waals surface area contributed by atoms with Crippen molar-refractivity contribution >= 4 is 21.8 Å². The second kappa shape index (κ2) is 7.33. The number of benzene rings is 2. The monoisotopic (exact) mass is 351 g/mol. The van der Waals surface area contributed by atoms with Crippen LogP contribution in [0.5, 0.6) is 0 Å². The van der Waals surface area contributed by atoms with Crippen LogP contribution in [0.25, 0.3) is 0 Å². The summed E-state index contributed by atoms with van der Waals surface area (Å²) in [5.74, 6) is -0.525. The lowest BCUT2D eigenvalue weighted by Gasteiger charge is -2.16. The fourth-order valence-corrected chi connectivity index (χ4v) is 2.36. The van der Waals surface area contributed by atoms with Crippen LogP contribution in [0.4, 0.5) is 4.39 Å². The highest BCUT2D eigenvalue weighted by molar-refractivity contribution is 9.10. The van der Waals surface area contributed by atoms with Crippen LogP contribution in [-0.4, -0.2) is 19.6 Å². The zero-order valence-corrected chi connectivity index (χ0v) is 13.1. The van der Waals surface area contributed by atoms with Crippen LogP contribution >= 0.6 is 15.9 Å². The number of rotatable bonds is 5. The summed E-state index contributed by atoms with van der Waals surface area (Å²) in [6.07, 6.45) is -0.392. The smallest absolute Gasteiger partial charge is 0.251 e. The maximum absolute atomic E-state index is 13.2. The largest absolute Gasteiger partial charge is 0.375 e. The van der Waals surface area contributed by atoms with Crippen molar-refractivity contribution in [2.45, 2.75) is 6.10 Å². The standard InChI is InChI=1S/C16H15BrFNO2/c1-21-15(11-4-3-7-14(18)9-11)10-19-16(20)12-5-2-6-13(17)8-12/h2-9,15H,10H2,1H3,(H,19,20). The molecule has 110 valence electrons.